The van der Waals surface area contributed by atoms with E-state index >= 15 is 0 Å². The molecular formula is C16H17N3O4S2. The molecule has 0 aliphatic carbocycles. The molecule has 0 fully saturated rings. The number of thiazole rings is 1. The van der Waals surface area contributed by atoms with Crippen LogP contribution in [-0.4, -0.2) is 35.9 Å². The lowest BCUT2D eigenvalue weighted by Crippen LogP contribution is -2.35. The van der Waals surface area contributed by atoms with Gasteiger partial charge in [-0.05, 0) is 19.1 Å². The molecular weight excluding hydrogens is 362 g/mol. The van der Waals surface area contributed by atoms with E-state index in [4.69, 9.17) is 9.47 Å². The summed E-state index contributed by atoms with van der Waals surface area (Å²) in [5, 5.41) is 6.82. The minimum Gasteiger partial charge on any atom is -0.490 e. The van der Waals surface area contributed by atoms with Crippen LogP contribution < -0.4 is 20.1 Å². The second-order valence-corrected chi connectivity index (χ2v) is 7.34. The van der Waals surface area contributed by atoms with Crippen molar-refractivity contribution >= 4 is 40.7 Å². The zero-order valence-corrected chi connectivity index (χ0v) is 15.2. The third-order valence-corrected chi connectivity index (χ3v) is 5.32. The average molecular weight is 379 g/mol. The molecule has 0 bridgehead atoms. The van der Waals surface area contributed by atoms with Crippen LogP contribution in [0.25, 0.3) is 0 Å². The molecule has 3 rings (SSSR count). The first-order chi connectivity index (χ1) is 12.1. The SMILES string of the molecule is Cc1csc(SCC(=O)NC(=O)Nc2ccc3c(c2)OCCCO3)n1. The normalized spacial score (nSPS) is 13.0. The molecule has 2 aromatic rings. The van der Waals surface area contributed by atoms with Gasteiger partial charge in [0, 0.05) is 29.2 Å². The van der Waals surface area contributed by atoms with E-state index in [1.54, 1.807) is 18.2 Å². The van der Waals surface area contributed by atoms with E-state index in [0.29, 0.717) is 30.4 Å². The molecule has 2 N–H and O–H groups in total. The molecule has 0 saturated heterocycles. The lowest BCUT2D eigenvalue weighted by Gasteiger charge is -2.10. The lowest BCUT2D eigenvalue weighted by atomic mass is 10.3. The number of fused-ring (bicyclic) bond motifs is 1. The van der Waals surface area contributed by atoms with Gasteiger partial charge in [0.25, 0.3) is 0 Å². The van der Waals surface area contributed by atoms with Gasteiger partial charge in [-0.2, -0.15) is 0 Å². The number of nitrogens with zero attached hydrogens (tertiary/aromatic N) is 1. The van der Waals surface area contributed by atoms with E-state index < -0.39 is 6.03 Å². The first-order valence-electron chi connectivity index (χ1n) is 7.65. The summed E-state index contributed by atoms with van der Waals surface area (Å²) in [5.74, 6) is 0.970. The smallest absolute Gasteiger partial charge is 0.325 e. The molecule has 1 aromatic heterocycles. The van der Waals surface area contributed by atoms with Gasteiger partial charge in [-0.15, -0.1) is 11.3 Å². The first-order valence-corrected chi connectivity index (χ1v) is 9.52. The number of benzene rings is 1. The molecule has 132 valence electrons. The highest BCUT2D eigenvalue weighted by Gasteiger charge is 2.13. The quantitative estimate of drug-likeness (QED) is 0.794. The molecule has 0 unspecified atom stereocenters. The Morgan fingerprint density at radius 2 is 2.08 bits per heavy atom. The minimum atomic E-state index is -0.588. The second-order valence-electron chi connectivity index (χ2n) is 5.26. The first kappa shape index (κ1) is 17.6. The Hall–Kier alpha value is -2.26. The summed E-state index contributed by atoms with van der Waals surface area (Å²) in [5.41, 5.74) is 1.44. The van der Waals surface area contributed by atoms with Crippen molar-refractivity contribution in [1.82, 2.24) is 10.3 Å². The highest BCUT2D eigenvalue weighted by molar-refractivity contribution is 8.01. The van der Waals surface area contributed by atoms with Crippen LogP contribution in [-0.2, 0) is 4.79 Å². The van der Waals surface area contributed by atoms with Gasteiger partial charge in [-0.1, -0.05) is 11.8 Å². The van der Waals surface area contributed by atoms with Crippen LogP contribution in [0.5, 0.6) is 11.5 Å². The molecule has 25 heavy (non-hydrogen) atoms. The molecule has 9 heteroatoms. The van der Waals surface area contributed by atoms with Gasteiger partial charge in [0.1, 0.15) is 0 Å². The number of aryl methyl sites for hydroxylation is 1. The number of aromatic nitrogens is 1. The Kier molecular flexibility index (Phi) is 5.77. The fourth-order valence-electron chi connectivity index (χ4n) is 2.09. The fraction of sp³-hybridized carbons (Fsp3) is 0.312. The Balaban J connectivity index is 1.50. The van der Waals surface area contributed by atoms with Crippen molar-refractivity contribution in [2.75, 3.05) is 24.3 Å². The Morgan fingerprint density at radius 1 is 1.28 bits per heavy atom. The number of rotatable bonds is 4. The Labute approximate surface area is 153 Å². The van der Waals surface area contributed by atoms with Crippen molar-refractivity contribution in [3.8, 4) is 11.5 Å². The van der Waals surface area contributed by atoms with Gasteiger partial charge in [-0.25, -0.2) is 9.78 Å². The van der Waals surface area contributed by atoms with Gasteiger partial charge in [-0.3, -0.25) is 10.1 Å². The van der Waals surface area contributed by atoms with Crippen molar-refractivity contribution in [2.24, 2.45) is 0 Å². The summed E-state index contributed by atoms with van der Waals surface area (Å²) in [6.07, 6.45) is 0.808. The molecule has 0 saturated carbocycles. The molecule has 3 amide bonds. The molecule has 0 atom stereocenters. The number of urea groups is 1. The van der Waals surface area contributed by atoms with Crippen molar-refractivity contribution < 1.29 is 19.1 Å². The van der Waals surface area contributed by atoms with Crippen LogP contribution in [0, 0.1) is 6.92 Å². The molecule has 2 heterocycles. The highest BCUT2D eigenvalue weighted by atomic mass is 32.2. The molecule has 1 aliphatic rings. The van der Waals surface area contributed by atoms with Crippen LogP contribution in [0.4, 0.5) is 10.5 Å². The number of ether oxygens (including phenoxy) is 2. The highest BCUT2D eigenvalue weighted by Crippen LogP contribution is 2.32. The summed E-state index contributed by atoms with van der Waals surface area (Å²) < 4.78 is 11.9. The van der Waals surface area contributed by atoms with E-state index in [9.17, 15) is 9.59 Å². The number of imide groups is 1. The minimum absolute atomic E-state index is 0.127. The average Bonchev–Trinajstić information content (AvgIpc) is 2.85. The van der Waals surface area contributed by atoms with Crippen LogP contribution in [0.2, 0.25) is 0 Å². The maximum absolute atomic E-state index is 11.9. The second kappa shape index (κ2) is 8.21. The van der Waals surface area contributed by atoms with Crippen LogP contribution >= 0.6 is 23.1 Å². The van der Waals surface area contributed by atoms with Crippen molar-refractivity contribution in [1.29, 1.82) is 0 Å². The van der Waals surface area contributed by atoms with Crippen LogP contribution in [0.15, 0.2) is 27.9 Å². The lowest BCUT2D eigenvalue weighted by molar-refractivity contribution is -0.117. The molecule has 0 radical (unpaired) electrons. The van der Waals surface area contributed by atoms with Crippen molar-refractivity contribution in [3.63, 3.8) is 0 Å². The van der Waals surface area contributed by atoms with Crippen LogP contribution in [0.3, 0.4) is 0 Å². The van der Waals surface area contributed by atoms with E-state index in [-0.39, 0.29) is 11.7 Å². The van der Waals surface area contributed by atoms with E-state index in [1.807, 2.05) is 12.3 Å². The van der Waals surface area contributed by atoms with E-state index in [1.165, 1.54) is 23.1 Å². The van der Waals surface area contributed by atoms with Gasteiger partial charge in [0.05, 0.1) is 19.0 Å². The number of carbonyl (C=O) groups is 2. The molecule has 1 aromatic carbocycles. The predicted molar refractivity (Wildman–Crippen MR) is 96.8 cm³/mol. The van der Waals surface area contributed by atoms with Crippen molar-refractivity contribution in [2.45, 2.75) is 17.7 Å². The van der Waals surface area contributed by atoms with Gasteiger partial charge >= 0.3 is 6.03 Å². The summed E-state index contributed by atoms with van der Waals surface area (Å²) in [6, 6.07) is 4.52. The number of anilines is 1. The largest absolute Gasteiger partial charge is 0.490 e. The standard InChI is InChI=1S/C16H17N3O4S2/c1-10-8-24-16(17-10)25-9-14(20)19-15(21)18-11-3-4-12-13(7-11)23-6-2-5-22-12/h3-4,7-8H,2,5-6,9H2,1H3,(H2,18,19,20,21). The van der Waals surface area contributed by atoms with Gasteiger partial charge in [0.15, 0.2) is 15.8 Å². The van der Waals surface area contributed by atoms with E-state index in [0.717, 1.165) is 16.5 Å². The van der Waals surface area contributed by atoms with Crippen LogP contribution in [0.1, 0.15) is 12.1 Å². The summed E-state index contributed by atoms with van der Waals surface area (Å²) >= 11 is 2.77. The van der Waals surface area contributed by atoms with E-state index in [2.05, 4.69) is 15.6 Å². The predicted octanol–water partition coefficient (Wildman–Crippen LogP) is 3.05. The number of hydrogen-bond acceptors (Lipinski definition) is 7. The maximum atomic E-state index is 11.9. The summed E-state index contributed by atoms with van der Waals surface area (Å²) in [6.45, 7) is 3.06. The number of carbonyl (C=O) groups excluding carboxylic acids is 2. The zero-order chi connectivity index (χ0) is 17.6. The Bertz CT molecular complexity index is 778. The zero-order valence-electron chi connectivity index (χ0n) is 13.5. The number of thioether (sulfide) groups is 1. The Morgan fingerprint density at radius 3 is 2.84 bits per heavy atom. The van der Waals surface area contributed by atoms with Gasteiger partial charge in [0.2, 0.25) is 5.91 Å². The molecule has 7 nitrogen and oxygen atoms in total. The third-order valence-electron chi connectivity index (χ3n) is 3.18. The fourth-order valence-corrected chi connectivity index (χ4v) is 3.74. The summed E-state index contributed by atoms with van der Waals surface area (Å²) in [7, 11) is 0. The monoisotopic (exact) mass is 379 g/mol. The molecule has 1 aliphatic heterocycles. The summed E-state index contributed by atoms with van der Waals surface area (Å²) in [4.78, 5) is 28.0. The number of nitrogens with one attached hydrogen (secondary N) is 2. The number of amides is 3. The third kappa shape index (κ3) is 5.10. The topological polar surface area (TPSA) is 89.6 Å². The maximum Gasteiger partial charge on any atom is 0.325 e. The van der Waals surface area contributed by atoms with Crippen molar-refractivity contribution in [3.05, 3.63) is 29.3 Å². The number of hydrogen-bond donors (Lipinski definition) is 2. The molecule has 0 spiro atoms. The van der Waals surface area contributed by atoms with Gasteiger partial charge < -0.3 is 14.8 Å².